The molecule has 1 heterocycles. The maximum absolute atomic E-state index is 11.6. The zero-order chi connectivity index (χ0) is 12.7. The molecule has 7 heteroatoms. The minimum atomic E-state index is -3.21. The molecule has 0 aliphatic carbocycles. The molecule has 0 aromatic heterocycles. The highest BCUT2D eigenvalue weighted by atomic mass is 32.2. The number of nitrogens with one attached hydrogen (secondary N) is 1. The van der Waals surface area contributed by atoms with Crippen molar-refractivity contribution in [1.82, 2.24) is 9.62 Å². The summed E-state index contributed by atoms with van der Waals surface area (Å²) in [7, 11) is -1.61. The molecule has 0 unspecified atom stereocenters. The molecule has 1 fully saturated rings. The van der Waals surface area contributed by atoms with Crippen LogP contribution >= 0.6 is 0 Å². The van der Waals surface area contributed by atoms with Crippen LogP contribution in [0.1, 0.15) is 19.3 Å². The largest absolute Gasteiger partial charge is 0.385 e. The number of ether oxygens (including phenoxy) is 1. The van der Waals surface area contributed by atoms with Gasteiger partial charge < -0.3 is 10.1 Å². The minimum Gasteiger partial charge on any atom is -0.385 e. The summed E-state index contributed by atoms with van der Waals surface area (Å²) in [5.41, 5.74) is 0. The van der Waals surface area contributed by atoms with Crippen molar-refractivity contribution in [1.29, 1.82) is 0 Å². The first-order valence-electron chi connectivity index (χ1n) is 5.80. The molecule has 17 heavy (non-hydrogen) atoms. The second kappa shape index (κ2) is 6.93. The van der Waals surface area contributed by atoms with Crippen LogP contribution in [0.2, 0.25) is 0 Å². The van der Waals surface area contributed by atoms with E-state index in [-0.39, 0.29) is 18.2 Å². The first-order chi connectivity index (χ1) is 8.06. The first-order valence-corrected chi connectivity index (χ1v) is 7.40. The van der Waals surface area contributed by atoms with Crippen LogP contribution in [-0.2, 0) is 19.6 Å². The number of carbonyl (C=O) groups excluding carboxylic acids is 1. The van der Waals surface area contributed by atoms with Gasteiger partial charge in [0.15, 0.2) is 0 Å². The molecular formula is C10H20N2O4S. The third-order valence-electron chi connectivity index (χ3n) is 2.62. The van der Waals surface area contributed by atoms with Gasteiger partial charge in [-0.1, -0.05) is 0 Å². The topological polar surface area (TPSA) is 75.7 Å². The number of hydrogen-bond donors (Lipinski definition) is 1. The van der Waals surface area contributed by atoms with E-state index in [2.05, 4.69) is 5.32 Å². The average Bonchev–Trinajstić information content (AvgIpc) is 2.27. The van der Waals surface area contributed by atoms with Gasteiger partial charge in [-0.2, -0.15) is 4.31 Å². The van der Waals surface area contributed by atoms with E-state index in [1.165, 1.54) is 4.31 Å². The fourth-order valence-corrected chi connectivity index (χ4v) is 3.23. The summed E-state index contributed by atoms with van der Waals surface area (Å²) in [5.74, 6) is -0.0872. The number of amides is 1. The van der Waals surface area contributed by atoms with Crippen LogP contribution in [0.3, 0.4) is 0 Å². The molecule has 1 N–H and O–H groups in total. The quantitative estimate of drug-likeness (QED) is 0.660. The molecular weight excluding hydrogens is 244 g/mol. The Morgan fingerprint density at radius 1 is 1.41 bits per heavy atom. The fraction of sp³-hybridized carbons (Fsp3) is 0.900. The summed E-state index contributed by atoms with van der Waals surface area (Å²) in [5, 5.41) is 2.68. The van der Waals surface area contributed by atoms with E-state index in [1.54, 1.807) is 7.11 Å². The van der Waals surface area contributed by atoms with E-state index < -0.39 is 10.0 Å². The Morgan fingerprint density at radius 3 is 2.82 bits per heavy atom. The number of sulfonamides is 1. The van der Waals surface area contributed by atoms with Crippen molar-refractivity contribution in [3.63, 3.8) is 0 Å². The van der Waals surface area contributed by atoms with Crippen LogP contribution < -0.4 is 5.32 Å². The first kappa shape index (κ1) is 14.4. The van der Waals surface area contributed by atoms with E-state index in [0.29, 0.717) is 26.1 Å². The molecule has 0 saturated carbocycles. The highest BCUT2D eigenvalue weighted by Crippen LogP contribution is 2.12. The van der Waals surface area contributed by atoms with Crippen molar-refractivity contribution in [3.8, 4) is 0 Å². The van der Waals surface area contributed by atoms with Crippen molar-refractivity contribution in [2.24, 2.45) is 0 Å². The van der Waals surface area contributed by atoms with Gasteiger partial charge in [0.2, 0.25) is 15.9 Å². The summed E-state index contributed by atoms with van der Waals surface area (Å²) >= 11 is 0. The molecule has 1 saturated heterocycles. The average molecular weight is 264 g/mol. The molecule has 0 atom stereocenters. The van der Waals surface area contributed by atoms with Gasteiger partial charge in [-0.15, -0.1) is 0 Å². The van der Waals surface area contributed by atoms with E-state index >= 15 is 0 Å². The number of hydrogen-bond acceptors (Lipinski definition) is 4. The van der Waals surface area contributed by atoms with Gasteiger partial charge in [0.1, 0.15) is 0 Å². The van der Waals surface area contributed by atoms with Crippen molar-refractivity contribution >= 4 is 15.9 Å². The second-order valence-electron chi connectivity index (χ2n) is 4.05. The molecule has 6 nitrogen and oxygen atoms in total. The van der Waals surface area contributed by atoms with E-state index in [4.69, 9.17) is 4.74 Å². The van der Waals surface area contributed by atoms with E-state index in [9.17, 15) is 13.2 Å². The van der Waals surface area contributed by atoms with Crippen LogP contribution in [-0.4, -0.2) is 57.7 Å². The predicted octanol–water partition coefficient (Wildman–Crippen LogP) is -0.435. The number of rotatable bonds is 6. The van der Waals surface area contributed by atoms with Gasteiger partial charge in [-0.25, -0.2) is 8.42 Å². The Bertz CT molecular complexity index is 342. The predicted molar refractivity (Wildman–Crippen MR) is 64.1 cm³/mol. The molecule has 1 aliphatic rings. The highest BCUT2D eigenvalue weighted by Gasteiger charge is 2.27. The maximum atomic E-state index is 11.6. The van der Waals surface area contributed by atoms with Crippen LogP contribution in [0.5, 0.6) is 0 Å². The monoisotopic (exact) mass is 264 g/mol. The second-order valence-corrected chi connectivity index (χ2v) is 6.14. The summed E-state index contributed by atoms with van der Waals surface area (Å²) in [6, 6.07) is 0. The maximum Gasteiger partial charge on any atom is 0.235 e. The molecule has 100 valence electrons. The molecule has 1 amide bonds. The van der Waals surface area contributed by atoms with Gasteiger partial charge in [0, 0.05) is 26.8 Å². The van der Waals surface area contributed by atoms with Crippen LogP contribution in [0, 0.1) is 0 Å². The zero-order valence-electron chi connectivity index (χ0n) is 10.1. The zero-order valence-corrected chi connectivity index (χ0v) is 11.0. The summed E-state index contributed by atoms with van der Waals surface area (Å²) in [6.45, 7) is 1.49. The van der Waals surface area contributed by atoms with Crippen molar-refractivity contribution in [3.05, 3.63) is 0 Å². The highest BCUT2D eigenvalue weighted by molar-refractivity contribution is 7.89. The molecule has 0 aromatic rings. The van der Waals surface area contributed by atoms with Crippen molar-refractivity contribution in [2.45, 2.75) is 19.3 Å². The van der Waals surface area contributed by atoms with Gasteiger partial charge in [-0.05, 0) is 19.3 Å². The van der Waals surface area contributed by atoms with E-state index in [0.717, 1.165) is 12.8 Å². The molecule has 1 rings (SSSR count). The lowest BCUT2D eigenvalue weighted by molar-refractivity contribution is -0.121. The minimum absolute atomic E-state index is 0.0602. The third-order valence-corrected chi connectivity index (χ3v) is 4.52. The van der Waals surface area contributed by atoms with Crippen LogP contribution in [0.4, 0.5) is 0 Å². The molecule has 1 aliphatic heterocycles. The summed E-state index contributed by atoms with van der Waals surface area (Å²) in [6.07, 6.45) is 2.25. The van der Waals surface area contributed by atoms with E-state index in [1.807, 2.05) is 0 Å². The van der Waals surface area contributed by atoms with Gasteiger partial charge in [0.05, 0.1) is 12.3 Å². The molecule has 0 bridgehead atoms. The molecule has 0 radical (unpaired) electrons. The summed E-state index contributed by atoms with van der Waals surface area (Å²) < 4.78 is 29.4. The summed E-state index contributed by atoms with van der Waals surface area (Å²) in [4.78, 5) is 11.5. The normalized spacial score (nSPS) is 20.1. The number of nitrogens with zero attached hydrogens (tertiary/aromatic N) is 1. The standard InChI is InChI=1S/C10H20N2O4S/c1-16-7-4-5-11-10(13)9-12-6-2-3-8-17(12,14)15/h2-9H2,1H3,(H,11,13). The Kier molecular flexibility index (Phi) is 5.87. The van der Waals surface area contributed by atoms with Gasteiger partial charge >= 0.3 is 0 Å². The lowest BCUT2D eigenvalue weighted by Gasteiger charge is -2.25. The SMILES string of the molecule is COCCCNC(=O)CN1CCCCS1(=O)=O. The Hall–Kier alpha value is -0.660. The smallest absolute Gasteiger partial charge is 0.235 e. The molecule has 0 aromatic carbocycles. The van der Waals surface area contributed by atoms with Gasteiger partial charge in [-0.3, -0.25) is 4.79 Å². The fourth-order valence-electron chi connectivity index (χ4n) is 1.68. The van der Waals surface area contributed by atoms with Crippen molar-refractivity contribution < 1.29 is 17.9 Å². The van der Waals surface area contributed by atoms with Crippen LogP contribution in [0.25, 0.3) is 0 Å². The Balaban J connectivity index is 2.30. The number of methoxy groups -OCH3 is 1. The van der Waals surface area contributed by atoms with Gasteiger partial charge in [0.25, 0.3) is 0 Å². The number of carbonyl (C=O) groups is 1. The Labute approximate surface area is 102 Å². The Morgan fingerprint density at radius 2 is 2.18 bits per heavy atom. The van der Waals surface area contributed by atoms with Crippen molar-refractivity contribution in [2.75, 3.05) is 39.1 Å². The lowest BCUT2D eigenvalue weighted by Crippen LogP contribution is -2.44. The third kappa shape index (κ3) is 5.01. The lowest BCUT2D eigenvalue weighted by atomic mass is 10.3. The van der Waals surface area contributed by atoms with Crippen LogP contribution in [0.15, 0.2) is 0 Å². The molecule has 0 spiro atoms.